The van der Waals surface area contributed by atoms with E-state index in [0.717, 1.165) is 12.1 Å². The van der Waals surface area contributed by atoms with Crippen LogP contribution in [0.4, 0.5) is 24.5 Å². The molecular weight excluding hydrogens is 269 g/mol. The van der Waals surface area contributed by atoms with Crippen LogP contribution in [0.15, 0.2) is 18.2 Å². The first-order valence-electron chi connectivity index (χ1n) is 6.46. The average Bonchev–Trinajstić information content (AvgIpc) is 2.33. The molecule has 114 valence electrons. The molecule has 3 nitrogen and oxygen atoms in total. The molecule has 0 fully saturated rings. The number of hydrogen-bond acceptors (Lipinski definition) is 3. The molecule has 1 aromatic carbocycles. The number of rotatable bonds is 6. The zero-order chi connectivity index (χ0) is 15.3. The summed E-state index contributed by atoms with van der Waals surface area (Å²) in [7, 11) is 1.59. The van der Waals surface area contributed by atoms with Crippen molar-refractivity contribution in [2.75, 3.05) is 37.4 Å². The maximum absolute atomic E-state index is 12.6. The number of anilines is 2. The predicted octanol–water partition coefficient (Wildman–Crippen LogP) is 3.40. The first-order valence-corrected chi connectivity index (χ1v) is 6.46. The third-order valence-corrected chi connectivity index (χ3v) is 2.85. The molecule has 2 N–H and O–H groups in total. The number of hydrogen-bond donors (Lipinski definition) is 1. The molecule has 0 aromatic heterocycles. The van der Waals surface area contributed by atoms with Crippen LogP contribution < -0.4 is 10.6 Å². The van der Waals surface area contributed by atoms with Gasteiger partial charge < -0.3 is 15.4 Å². The zero-order valence-electron chi connectivity index (χ0n) is 12.0. The monoisotopic (exact) mass is 290 g/mol. The van der Waals surface area contributed by atoms with Crippen LogP contribution in [0.5, 0.6) is 0 Å². The lowest BCUT2D eigenvalue weighted by molar-refractivity contribution is -0.137. The summed E-state index contributed by atoms with van der Waals surface area (Å²) in [5.74, 6) is 0.369. The van der Waals surface area contributed by atoms with E-state index in [1.165, 1.54) is 6.07 Å². The molecular formula is C14H21F3N2O. The lowest BCUT2D eigenvalue weighted by atomic mass is 10.1. The highest BCUT2D eigenvalue weighted by molar-refractivity contribution is 5.68. The lowest BCUT2D eigenvalue weighted by Gasteiger charge is -2.28. The van der Waals surface area contributed by atoms with Crippen LogP contribution in [0.25, 0.3) is 0 Å². The highest BCUT2D eigenvalue weighted by Gasteiger charge is 2.31. The standard InChI is InChI=1S/C14H21F3N2O/c1-10(2)9-19(6-7-20-3)13-5-4-11(8-12(13)18)14(15,16)17/h4-5,8,10H,6-7,9,18H2,1-3H3. The Morgan fingerprint density at radius 3 is 2.40 bits per heavy atom. The van der Waals surface area contributed by atoms with E-state index in [-0.39, 0.29) is 5.69 Å². The molecule has 0 atom stereocenters. The summed E-state index contributed by atoms with van der Waals surface area (Å²) in [6.45, 7) is 5.87. The summed E-state index contributed by atoms with van der Waals surface area (Å²) in [6, 6.07) is 3.47. The Balaban J connectivity index is 3.01. The Kier molecular flexibility index (Phi) is 5.68. The summed E-state index contributed by atoms with van der Waals surface area (Å²) in [5.41, 5.74) is 5.81. The van der Waals surface area contributed by atoms with E-state index >= 15 is 0 Å². The zero-order valence-corrected chi connectivity index (χ0v) is 12.0. The van der Waals surface area contributed by atoms with Gasteiger partial charge in [-0.05, 0) is 24.1 Å². The summed E-state index contributed by atoms with van der Waals surface area (Å²) < 4.78 is 42.9. The van der Waals surface area contributed by atoms with Crippen LogP contribution in [-0.2, 0) is 10.9 Å². The van der Waals surface area contributed by atoms with Crippen molar-refractivity contribution < 1.29 is 17.9 Å². The molecule has 0 spiro atoms. The fourth-order valence-corrected chi connectivity index (χ4v) is 1.97. The van der Waals surface area contributed by atoms with Gasteiger partial charge in [-0.25, -0.2) is 0 Å². The maximum atomic E-state index is 12.6. The van der Waals surface area contributed by atoms with Crippen molar-refractivity contribution in [3.05, 3.63) is 23.8 Å². The minimum atomic E-state index is -4.37. The van der Waals surface area contributed by atoms with E-state index < -0.39 is 11.7 Å². The largest absolute Gasteiger partial charge is 0.416 e. The molecule has 0 saturated heterocycles. The molecule has 0 bridgehead atoms. The highest BCUT2D eigenvalue weighted by atomic mass is 19.4. The summed E-state index contributed by atoms with van der Waals surface area (Å²) in [6.07, 6.45) is -4.37. The van der Waals surface area contributed by atoms with Crippen LogP contribution in [0.3, 0.4) is 0 Å². The molecule has 0 saturated carbocycles. The number of halogens is 3. The van der Waals surface area contributed by atoms with Crippen molar-refractivity contribution in [3.63, 3.8) is 0 Å². The van der Waals surface area contributed by atoms with Crippen LogP contribution in [-0.4, -0.2) is 26.8 Å². The van der Waals surface area contributed by atoms with E-state index in [2.05, 4.69) is 0 Å². The third kappa shape index (κ3) is 4.59. The number of nitrogen functional groups attached to an aromatic ring is 1. The molecule has 0 aliphatic heterocycles. The molecule has 1 aromatic rings. The third-order valence-electron chi connectivity index (χ3n) is 2.85. The van der Waals surface area contributed by atoms with Gasteiger partial charge in [-0.1, -0.05) is 13.8 Å². The lowest BCUT2D eigenvalue weighted by Crippen LogP contribution is -2.31. The number of benzene rings is 1. The topological polar surface area (TPSA) is 38.5 Å². The molecule has 0 heterocycles. The van der Waals surface area contributed by atoms with Gasteiger partial charge in [0.25, 0.3) is 0 Å². The highest BCUT2D eigenvalue weighted by Crippen LogP contribution is 2.34. The van der Waals surface area contributed by atoms with Crippen LogP contribution in [0.2, 0.25) is 0 Å². The van der Waals surface area contributed by atoms with E-state index in [4.69, 9.17) is 10.5 Å². The number of ether oxygens (including phenoxy) is 1. The van der Waals surface area contributed by atoms with Gasteiger partial charge in [0, 0.05) is 20.2 Å². The average molecular weight is 290 g/mol. The van der Waals surface area contributed by atoms with Gasteiger partial charge in [0.1, 0.15) is 0 Å². The summed E-state index contributed by atoms with van der Waals surface area (Å²) in [4.78, 5) is 1.95. The summed E-state index contributed by atoms with van der Waals surface area (Å²) >= 11 is 0. The van der Waals surface area contributed by atoms with E-state index in [0.29, 0.717) is 31.3 Å². The second-order valence-electron chi connectivity index (χ2n) is 5.10. The van der Waals surface area contributed by atoms with Crippen molar-refractivity contribution in [3.8, 4) is 0 Å². The minimum Gasteiger partial charge on any atom is -0.397 e. The molecule has 0 aliphatic rings. The minimum absolute atomic E-state index is 0.136. The van der Waals surface area contributed by atoms with Gasteiger partial charge >= 0.3 is 6.18 Å². The van der Waals surface area contributed by atoms with Gasteiger partial charge in [-0.15, -0.1) is 0 Å². The van der Waals surface area contributed by atoms with Crippen molar-refractivity contribution in [1.82, 2.24) is 0 Å². The van der Waals surface area contributed by atoms with E-state index in [1.54, 1.807) is 7.11 Å². The Morgan fingerprint density at radius 2 is 1.95 bits per heavy atom. The first-order chi connectivity index (χ1) is 9.25. The van der Waals surface area contributed by atoms with Crippen molar-refractivity contribution in [1.29, 1.82) is 0 Å². The van der Waals surface area contributed by atoms with Crippen molar-refractivity contribution >= 4 is 11.4 Å². The molecule has 0 unspecified atom stereocenters. The van der Waals surface area contributed by atoms with Gasteiger partial charge in [0.15, 0.2) is 0 Å². The number of nitrogens with zero attached hydrogens (tertiary/aromatic N) is 1. The van der Waals surface area contributed by atoms with Gasteiger partial charge in [0.2, 0.25) is 0 Å². The Labute approximate surface area is 117 Å². The fraction of sp³-hybridized carbons (Fsp3) is 0.571. The van der Waals surface area contributed by atoms with Crippen molar-refractivity contribution in [2.45, 2.75) is 20.0 Å². The molecule has 6 heteroatoms. The fourth-order valence-electron chi connectivity index (χ4n) is 1.97. The predicted molar refractivity (Wildman–Crippen MR) is 74.8 cm³/mol. The SMILES string of the molecule is COCCN(CC(C)C)c1ccc(C(F)(F)F)cc1N. The van der Waals surface area contributed by atoms with Crippen LogP contribution in [0, 0.1) is 5.92 Å². The Morgan fingerprint density at radius 1 is 1.30 bits per heavy atom. The molecule has 0 amide bonds. The first kappa shape index (κ1) is 16.6. The molecule has 0 aliphatic carbocycles. The van der Waals surface area contributed by atoms with E-state index in [9.17, 15) is 13.2 Å². The van der Waals surface area contributed by atoms with Crippen LogP contribution in [0.1, 0.15) is 19.4 Å². The normalized spacial score (nSPS) is 11.9. The second-order valence-corrected chi connectivity index (χ2v) is 5.10. The number of nitrogens with two attached hydrogens (primary N) is 1. The smallest absolute Gasteiger partial charge is 0.397 e. The second kappa shape index (κ2) is 6.83. The molecule has 20 heavy (non-hydrogen) atoms. The van der Waals surface area contributed by atoms with Gasteiger partial charge in [0.05, 0.1) is 23.5 Å². The Hall–Kier alpha value is -1.43. The van der Waals surface area contributed by atoms with Crippen LogP contribution >= 0.6 is 0 Å². The number of methoxy groups -OCH3 is 1. The maximum Gasteiger partial charge on any atom is 0.416 e. The quantitative estimate of drug-likeness (QED) is 0.816. The Bertz CT molecular complexity index is 433. The van der Waals surface area contributed by atoms with Crippen molar-refractivity contribution in [2.24, 2.45) is 5.92 Å². The number of alkyl halides is 3. The van der Waals surface area contributed by atoms with E-state index in [1.807, 2.05) is 18.7 Å². The molecule has 0 radical (unpaired) electrons. The molecule has 1 rings (SSSR count). The van der Waals surface area contributed by atoms with Gasteiger partial charge in [-0.2, -0.15) is 13.2 Å². The van der Waals surface area contributed by atoms with Gasteiger partial charge in [-0.3, -0.25) is 0 Å². The summed E-state index contributed by atoms with van der Waals surface area (Å²) in [5, 5.41) is 0.